The Morgan fingerprint density at radius 2 is 1.78 bits per heavy atom. The second-order valence-electron chi connectivity index (χ2n) is 11.2. The van der Waals surface area contributed by atoms with Crippen LogP contribution in [0.15, 0.2) is 73.2 Å². The smallest absolute Gasteiger partial charge is 0.351 e. The number of imidazole rings is 1. The number of thiophene rings is 1. The van der Waals surface area contributed by atoms with Gasteiger partial charge in [0.05, 0.1) is 41.3 Å². The summed E-state index contributed by atoms with van der Waals surface area (Å²) in [5.74, 6) is -0.515. The van der Waals surface area contributed by atoms with Crippen molar-refractivity contribution in [2.24, 2.45) is 0 Å². The van der Waals surface area contributed by atoms with Gasteiger partial charge in [-0.05, 0) is 37.7 Å². The van der Waals surface area contributed by atoms with E-state index in [0.29, 0.717) is 26.9 Å². The molecule has 0 aliphatic carbocycles. The molecule has 12 heteroatoms. The average Bonchev–Trinajstić information content (AvgIpc) is 3.68. The van der Waals surface area contributed by atoms with E-state index in [4.69, 9.17) is 25.8 Å². The molecule has 3 aromatic heterocycles. The van der Waals surface area contributed by atoms with E-state index >= 15 is 0 Å². The molecule has 0 amide bonds. The molecule has 238 valence electrons. The maximum Gasteiger partial charge on any atom is 0.351 e. The topological polar surface area (TPSA) is 98.5 Å². The van der Waals surface area contributed by atoms with E-state index in [-0.39, 0.29) is 6.61 Å². The van der Waals surface area contributed by atoms with Crippen molar-refractivity contribution in [1.82, 2.24) is 24.2 Å². The van der Waals surface area contributed by atoms with E-state index in [1.165, 1.54) is 18.4 Å². The van der Waals surface area contributed by atoms with Crippen molar-refractivity contribution in [2.75, 3.05) is 40.3 Å². The van der Waals surface area contributed by atoms with Gasteiger partial charge in [0, 0.05) is 55.6 Å². The second-order valence-corrected chi connectivity index (χ2v) is 12.6. The SMILES string of the molecule is COC(=O)c1sc(-c2cnc3cnc(CN4CCN(C)CC4)cn23)cc1O[C@H](C)c1ccc(COC(=O)c2ccccc2)cc1Cl. The summed E-state index contributed by atoms with van der Waals surface area (Å²) in [6, 6.07) is 16.1. The molecule has 1 aliphatic heterocycles. The zero-order valence-electron chi connectivity index (χ0n) is 25.8. The van der Waals surface area contributed by atoms with Crippen molar-refractivity contribution >= 4 is 40.5 Å². The van der Waals surface area contributed by atoms with Crippen LogP contribution in [0.5, 0.6) is 5.75 Å². The van der Waals surface area contributed by atoms with Crippen LogP contribution in [0.4, 0.5) is 0 Å². The number of halogens is 1. The van der Waals surface area contributed by atoms with Crippen molar-refractivity contribution < 1.29 is 23.8 Å². The summed E-state index contributed by atoms with van der Waals surface area (Å²) >= 11 is 7.94. The minimum atomic E-state index is -0.499. The predicted octanol–water partition coefficient (Wildman–Crippen LogP) is 6.14. The molecule has 1 fully saturated rings. The van der Waals surface area contributed by atoms with Gasteiger partial charge in [0.2, 0.25) is 0 Å². The van der Waals surface area contributed by atoms with Crippen LogP contribution in [0.1, 0.15) is 49.9 Å². The van der Waals surface area contributed by atoms with E-state index < -0.39 is 18.0 Å². The highest BCUT2D eigenvalue weighted by atomic mass is 35.5. The van der Waals surface area contributed by atoms with Gasteiger partial charge >= 0.3 is 11.9 Å². The van der Waals surface area contributed by atoms with E-state index in [0.717, 1.165) is 60.1 Å². The maximum absolute atomic E-state index is 12.8. The third-order valence-electron chi connectivity index (χ3n) is 7.94. The Labute approximate surface area is 276 Å². The van der Waals surface area contributed by atoms with Crippen molar-refractivity contribution in [2.45, 2.75) is 26.2 Å². The number of fused-ring (bicyclic) bond motifs is 1. The molecule has 0 spiro atoms. The molecule has 0 N–H and O–H groups in total. The Bertz CT molecular complexity index is 1850. The van der Waals surface area contributed by atoms with Crippen LogP contribution in [0, 0.1) is 0 Å². The van der Waals surface area contributed by atoms with E-state index in [1.807, 2.05) is 41.8 Å². The fraction of sp³-hybridized carbons (Fsp3) is 0.294. The summed E-state index contributed by atoms with van der Waals surface area (Å²) in [6.07, 6.45) is 5.06. The Kier molecular flexibility index (Phi) is 9.64. The van der Waals surface area contributed by atoms with Crippen molar-refractivity contribution in [3.8, 4) is 16.3 Å². The van der Waals surface area contributed by atoms with Gasteiger partial charge in [-0.1, -0.05) is 41.9 Å². The molecule has 0 radical (unpaired) electrons. The lowest BCUT2D eigenvalue weighted by Gasteiger charge is -2.32. The molecular weight excluding hydrogens is 626 g/mol. The third-order valence-corrected chi connectivity index (χ3v) is 9.38. The highest BCUT2D eigenvalue weighted by Crippen LogP contribution is 2.40. The lowest BCUT2D eigenvalue weighted by Crippen LogP contribution is -2.44. The van der Waals surface area contributed by atoms with E-state index in [2.05, 4.69) is 26.8 Å². The number of esters is 2. The van der Waals surface area contributed by atoms with Crippen LogP contribution < -0.4 is 4.74 Å². The van der Waals surface area contributed by atoms with Crippen LogP contribution in [-0.2, 0) is 22.6 Å². The Morgan fingerprint density at radius 1 is 1.00 bits per heavy atom. The zero-order valence-corrected chi connectivity index (χ0v) is 27.4. The third kappa shape index (κ3) is 7.07. The zero-order chi connectivity index (χ0) is 32.2. The first kappa shape index (κ1) is 31.7. The van der Waals surface area contributed by atoms with Gasteiger partial charge in [-0.3, -0.25) is 14.3 Å². The largest absolute Gasteiger partial charge is 0.484 e. The lowest BCUT2D eigenvalue weighted by atomic mass is 10.1. The number of hydrogen-bond acceptors (Lipinski definition) is 10. The maximum atomic E-state index is 12.8. The number of likely N-dealkylation sites (N-methyl/N-ethyl adjacent to an activating group) is 1. The van der Waals surface area contributed by atoms with Gasteiger partial charge in [-0.15, -0.1) is 11.3 Å². The Balaban J connectivity index is 1.20. The highest BCUT2D eigenvalue weighted by molar-refractivity contribution is 7.17. The number of nitrogens with zero attached hydrogens (tertiary/aromatic N) is 5. The number of ether oxygens (including phenoxy) is 3. The number of carbonyl (C=O) groups excluding carboxylic acids is 2. The first-order valence-electron chi connectivity index (χ1n) is 14.9. The summed E-state index contributed by atoms with van der Waals surface area (Å²) < 4.78 is 18.9. The first-order chi connectivity index (χ1) is 22.3. The minimum Gasteiger partial charge on any atom is -0.484 e. The fourth-order valence-electron chi connectivity index (χ4n) is 5.30. The highest BCUT2D eigenvalue weighted by Gasteiger charge is 2.24. The molecule has 10 nitrogen and oxygen atoms in total. The normalized spacial score (nSPS) is 14.7. The predicted molar refractivity (Wildman–Crippen MR) is 176 cm³/mol. The van der Waals surface area contributed by atoms with E-state index in [9.17, 15) is 9.59 Å². The molecule has 1 saturated heterocycles. The molecule has 6 rings (SSSR count). The monoisotopic (exact) mass is 659 g/mol. The quantitative estimate of drug-likeness (QED) is 0.164. The molecule has 0 bridgehead atoms. The minimum absolute atomic E-state index is 0.0786. The number of methoxy groups -OCH3 is 1. The second kappa shape index (κ2) is 14.0. The number of rotatable bonds is 10. The first-order valence-corrected chi connectivity index (χ1v) is 16.1. The number of hydrogen-bond donors (Lipinski definition) is 0. The number of carbonyl (C=O) groups is 2. The van der Waals surface area contributed by atoms with Gasteiger partial charge < -0.3 is 19.1 Å². The summed E-state index contributed by atoms with van der Waals surface area (Å²) in [4.78, 5) is 40.2. The van der Waals surface area contributed by atoms with Crippen molar-refractivity contribution in [1.29, 1.82) is 0 Å². The number of benzene rings is 2. The standard InChI is InChI=1S/C34H34ClN5O5S/c1-22(26-10-9-23(15-27(26)35)21-44-33(41)24-7-5-4-6-8-24)45-29-16-30(46-32(29)34(42)43-3)28-17-37-31-18-36-25(20-40(28)31)19-39-13-11-38(2)12-14-39/h4-10,15-18,20,22H,11-14,19,21H2,1-3H3/t22-/m1/s1. The Morgan fingerprint density at radius 3 is 2.52 bits per heavy atom. The molecule has 4 heterocycles. The van der Waals surface area contributed by atoms with Gasteiger partial charge in [0.25, 0.3) is 0 Å². The van der Waals surface area contributed by atoms with E-state index in [1.54, 1.807) is 42.7 Å². The lowest BCUT2D eigenvalue weighted by molar-refractivity contribution is 0.0472. The van der Waals surface area contributed by atoms with Crippen molar-refractivity contribution in [3.05, 3.63) is 105 Å². The van der Waals surface area contributed by atoms with Crippen LogP contribution >= 0.6 is 22.9 Å². The molecular formula is C34H34ClN5O5S. The van der Waals surface area contributed by atoms with Gasteiger partial charge in [-0.2, -0.15) is 0 Å². The summed E-state index contributed by atoms with van der Waals surface area (Å²) in [6.45, 7) is 6.74. The summed E-state index contributed by atoms with van der Waals surface area (Å²) in [7, 11) is 3.49. The molecule has 1 atom stereocenters. The molecule has 46 heavy (non-hydrogen) atoms. The van der Waals surface area contributed by atoms with Crippen molar-refractivity contribution in [3.63, 3.8) is 0 Å². The molecule has 5 aromatic rings. The van der Waals surface area contributed by atoms with Crippen LogP contribution in [0.3, 0.4) is 0 Å². The molecule has 0 unspecified atom stereocenters. The summed E-state index contributed by atoms with van der Waals surface area (Å²) in [5.41, 5.74) is 4.42. The fourth-order valence-corrected chi connectivity index (χ4v) is 6.67. The number of aromatic nitrogens is 3. The molecule has 2 aromatic carbocycles. The molecule has 1 aliphatic rings. The van der Waals surface area contributed by atoms with Gasteiger partial charge in [-0.25, -0.2) is 14.6 Å². The van der Waals surface area contributed by atoms with Crippen LogP contribution in [0.25, 0.3) is 16.2 Å². The van der Waals surface area contributed by atoms with Crippen LogP contribution in [0.2, 0.25) is 5.02 Å². The number of piperazine rings is 1. The van der Waals surface area contributed by atoms with Gasteiger partial charge in [0.15, 0.2) is 10.5 Å². The summed E-state index contributed by atoms with van der Waals surface area (Å²) in [5, 5.41) is 0.456. The average molecular weight is 660 g/mol. The van der Waals surface area contributed by atoms with Gasteiger partial charge in [0.1, 0.15) is 18.5 Å². The van der Waals surface area contributed by atoms with Crippen LogP contribution in [-0.4, -0.2) is 76.4 Å². The molecule has 0 saturated carbocycles. The Hall–Kier alpha value is -4.29.